The quantitative estimate of drug-likeness (QED) is 0.517. The molecule has 5 nitrogen and oxygen atoms in total. The van der Waals surface area contributed by atoms with Crippen LogP contribution >= 0.6 is 0 Å². The Morgan fingerprint density at radius 3 is 2.60 bits per heavy atom. The number of hydrogen-bond donors (Lipinski definition) is 1. The molecule has 1 saturated heterocycles. The van der Waals surface area contributed by atoms with E-state index in [4.69, 9.17) is 14.2 Å². The van der Waals surface area contributed by atoms with E-state index in [1.807, 2.05) is 6.08 Å². The first-order chi connectivity index (χ1) is 14.2. The molecule has 5 rings (SSSR count). The second-order valence-electron chi connectivity index (χ2n) is 10.4. The first-order valence-corrected chi connectivity index (χ1v) is 11.4. The predicted molar refractivity (Wildman–Crippen MR) is 113 cm³/mol. The molecule has 30 heavy (non-hydrogen) atoms. The summed E-state index contributed by atoms with van der Waals surface area (Å²) in [6, 6.07) is 0. The number of carbonyl (C=O) groups excluding carboxylic acids is 1. The molecule has 0 aromatic rings. The van der Waals surface area contributed by atoms with Gasteiger partial charge in [0.2, 0.25) is 0 Å². The third-order valence-electron chi connectivity index (χ3n) is 9.04. The predicted octanol–water partition coefficient (Wildman–Crippen LogP) is 4.84. The standard InChI is InChI=1S/C25H34O5/c1-15(26)30-22-14-20-18(6-5-16-13-17(27)9-10-23(16,20)2)19-7-8-21(24(19,22)3)25(4)28-11-12-29-25/h5,7,13,18,20-22,27H,6,8-12,14H2,1-4H3/t18?,20?,21?,22-,23+,24+/m1/s1. The van der Waals surface area contributed by atoms with Gasteiger partial charge >= 0.3 is 5.97 Å². The van der Waals surface area contributed by atoms with Gasteiger partial charge in [-0.1, -0.05) is 31.6 Å². The van der Waals surface area contributed by atoms with Crippen LogP contribution in [-0.2, 0) is 19.0 Å². The van der Waals surface area contributed by atoms with Crippen LogP contribution < -0.4 is 0 Å². The molecule has 0 amide bonds. The third-order valence-corrected chi connectivity index (χ3v) is 9.04. The van der Waals surface area contributed by atoms with Crippen LogP contribution in [0.1, 0.15) is 59.8 Å². The third kappa shape index (κ3) is 2.70. The summed E-state index contributed by atoms with van der Waals surface area (Å²) in [5.41, 5.74) is 2.38. The maximum absolute atomic E-state index is 12.2. The number of allylic oxidation sites excluding steroid dienone is 5. The number of ether oxygens (including phenoxy) is 3. The van der Waals surface area contributed by atoms with Crippen LogP contribution in [-0.4, -0.2) is 36.2 Å². The Morgan fingerprint density at radius 1 is 1.17 bits per heavy atom. The second-order valence-corrected chi connectivity index (χ2v) is 10.4. The fraction of sp³-hybridized carbons (Fsp3) is 0.720. The number of fused-ring (bicyclic) bond motifs is 5. The van der Waals surface area contributed by atoms with E-state index in [2.05, 4.69) is 32.9 Å². The zero-order valence-corrected chi connectivity index (χ0v) is 18.6. The lowest BCUT2D eigenvalue weighted by atomic mass is 9.48. The van der Waals surface area contributed by atoms with Crippen molar-refractivity contribution in [2.45, 2.75) is 71.7 Å². The van der Waals surface area contributed by atoms with Gasteiger partial charge in [-0.05, 0) is 61.5 Å². The van der Waals surface area contributed by atoms with E-state index >= 15 is 0 Å². The average Bonchev–Trinajstić information content (AvgIpc) is 3.27. The summed E-state index contributed by atoms with van der Waals surface area (Å²) in [6.45, 7) is 9.40. The molecule has 0 aromatic carbocycles. The van der Waals surface area contributed by atoms with E-state index in [9.17, 15) is 9.90 Å². The lowest BCUT2D eigenvalue weighted by Crippen LogP contribution is -2.57. The van der Waals surface area contributed by atoms with Gasteiger partial charge in [-0.2, -0.15) is 0 Å². The highest BCUT2D eigenvalue weighted by atomic mass is 16.7. The van der Waals surface area contributed by atoms with Gasteiger partial charge in [-0.3, -0.25) is 4.79 Å². The van der Waals surface area contributed by atoms with E-state index < -0.39 is 5.79 Å². The number of rotatable bonds is 2. The van der Waals surface area contributed by atoms with Crippen molar-refractivity contribution in [3.63, 3.8) is 0 Å². The fourth-order valence-electron chi connectivity index (χ4n) is 7.48. The van der Waals surface area contributed by atoms with E-state index in [1.165, 1.54) is 18.1 Å². The maximum Gasteiger partial charge on any atom is 0.302 e. The molecule has 1 heterocycles. The van der Waals surface area contributed by atoms with Crippen LogP contribution in [0.25, 0.3) is 0 Å². The number of aliphatic hydroxyl groups is 1. The van der Waals surface area contributed by atoms with E-state index in [0.717, 1.165) is 25.7 Å². The molecule has 0 aromatic heterocycles. The molecule has 0 bridgehead atoms. The Morgan fingerprint density at radius 2 is 1.90 bits per heavy atom. The molecule has 5 heteroatoms. The van der Waals surface area contributed by atoms with Crippen molar-refractivity contribution in [3.8, 4) is 0 Å². The largest absolute Gasteiger partial charge is 0.512 e. The average molecular weight is 415 g/mol. The fourth-order valence-corrected chi connectivity index (χ4v) is 7.48. The molecule has 1 aliphatic heterocycles. The van der Waals surface area contributed by atoms with Crippen LogP contribution in [0.15, 0.2) is 35.1 Å². The molecule has 4 aliphatic carbocycles. The number of aliphatic hydroxyl groups excluding tert-OH is 1. The van der Waals surface area contributed by atoms with Crippen LogP contribution in [0.2, 0.25) is 0 Å². The van der Waals surface area contributed by atoms with Crippen molar-refractivity contribution in [1.29, 1.82) is 0 Å². The molecule has 0 radical (unpaired) electrons. The van der Waals surface area contributed by atoms with Crippen LogP contribution in [0, 0.1) is 28.6 Å². The molecule has 1 N–H and O–H groups in total. The summed E-state index contributed by atoms with van der Waals surface area (Å²) in [6.07, 6.45) is 10.9. The SMILES string of the molecule is CC(=O)O[C@@H]1CC2C(CC=C3C=C(O)CC[C@@]32C)C2=CCC(C3(C)OCCO3)[C@]21C. The normalized spacial score (nSPS) is 44.2. The molecule has 164 valence electrons. The van der Waals surface area contributed by atoms with Crippen LogP contribution in [0.5, 0.6) is 0 Å². The van der Waals surface area contributed by atoms with Crippen molar-refractivity contribution in [1.82, 2.24) is 0 Å². The van der Waals surface area contributed by atoms with E-state index in [1.54, 1.807) is 0 Å². The minimum absolute atomic E-state index is 0.00192. The first-order valence-electron chi connectivity index (χ1n) is 11.4. The monoisotopic (exact) mass is 414 g/mol. The lowest BCUT2D eigenvalue weighted by Gasteiger charge is -2.58. The van der Waals surface area contributed by atoms with Gasteiger partial charge in [-0.25, -0.2) is 0 Å². The van der Waals surface area contributed by atoms with Gasteiger partial charge in [0, 0.05) is 24.7 Å². The van der Waals surface area contributed by atoms with Gasteiger partial charge in [0.05, 0.1) is 19.0 Å². The summed E-state index contributed by atoms with van der Waals surface area (Å²) in [4.78, 5) is 12.2. The van der Waals surface area contributed by atoms with Gasteiger partial charge < -0.3 is 19.3 Å². The molecular formula is C25H34O5. The molecule has 1 saturated carbocycles. The van der Waals surface area contributed by atoms with Crippen molar-refractivity contribution in [2.75, 3.05) is 13.2 Å². The lowest BCUT2D eigenvalue weighted by molar-refractivity contribution is -0.222. The maximum atomic E-state index is 12.2. The summed E-state index contributed by atoms with van der Waals surface area (Å²) in [7, 11) is 0. The topological polar surface area (TPSA) is 65.0 Å². The van der Waals surface area contributed by atoms with E-state index in [0.29, 0.717) is 37.2 Å². The van der Waals surface area contributed by atoms with Crippen LogP contribution in [0.3, 0.4) is 0 Å². The molecule has 3 unspecified atom stereocenters. The molecular weight excluding hydrogens is 380 g/mol. The Hall–Kier alpha value is -1.59. The Balaban J connectivity index is 1.57. The highest BCUT2D eigenvalue weighted by Crippen LogP contribution is 2.66. The smallest absolute Gasteiger partial charge is 0.302 e. The van der Waals surface area contributed by atoms with Crippen LogP contribution in [0.4, 0.5) is 0 Å². The van der Waals surface area contributed by atoms with E-state index in [-0.39, 0.29) is 28.8 Å². The minimum atomic E-state index is -0.642. The number of carbonyl (C=O) groups is 1. The van der Waals surface area contributed by atoms with Gasteiger partial charge in [0.15, 0.2) is 5.79 Å². The molecule has 2 fully saturated rings. The first kappa shape index (κ1) is 20.3. The summed E-state index contributed by atoms with van der Waals surface area (Å²) in [5, 5.41) is 10.1. The summed E-state index contributed by atoms with van der Waals surface area (Å²) in [5.74, 6) is 0.568. The zero-order valence-electron chi connectivity index (χ0n) is 18.6. The van der Waals surface area contributed by atoms with Gasteiger partial charge in [0.1, 0.15) is 6.10 Å². The zero-order chi connectivity index (χ0) is 21.3. The van der Waals surface area contributed by atoms with Crippen molar-refractivity contribution >= 4 is 5.97 Å². The van der Waals surface area contributed by atoms with Crippen molar-refractivity contribution in [3.05, 3.63) is 35.1 Å². The Kier molecular flexibility index (Phi) is 4.54. The summed E-state index contributed by atoms with van der Waals surface area (Å²) < 4.78 is 18.3. The molecule has 6 atom stereocenters. The number of esters is 1. The van der Waals surface area contributed by atoms with Crippen molar-refractivity contribution in [2.24, 2.45) is 28.6 Å². The van der Waals surface area contributed by atoms with Crippen molar-refractivity contribution < 1.29 is 24.1 Å². The Labute approximate surface area is 179 Å². The highest BCUT2D eigenvalue weighted by molar-refractivity contribution is 5.66. The van der Waals surface area contributed by atoms with Gasteiger partial charge in [0.25, 0.3) is 0 Å². The minimum Gasteiger partial charge on any atom is -0.512 e. The second kappa shape index (κ2) is 6.70. The number of hydrogen-bond acceptors (Lipinski definition) is 5. The Bertz CT molecular complexity index is 848. The van der Waals surface area contributed by atoms with Gasteiger partial charge in [-0.15, -0.1) is 0 Å². The molecule has 5 aliphatic rings. The highest BCUT2D eigenvalue weighted by Gasteiger charge is 2.64. The summed E-state index contributed by atoms with van der Waals surface area (Å²) >= 11 is 0. The molecule has 0 spiro atoms.